The Labute approximate surface area is 202 Å². The number of aromatic nitrogens is 1. The number of hydrogen-bond donors (Lipinski definition) is 0. The fourth-order valence-corrected chi connectivity index (χ4v) is 4.74. The first-order valence-electron chi connectivity index (χ1n) is 11.2. The Balaban J connectivity index is 1.75. The first-order chi connectivity index (χ1) is 15.7. The van der Waals surface area contributed by atoms with Crippen molar-refractivity contribution in [1.29, 1.82) is 0 Å². The minimum atomic E-state index is -3.80. The minimum Gasteiger partial charge on any atom is -0.298 e. The second-order valence-corrected chi connectivity index (χ2v) is 12.4. The summed E-state index contributed by atoms with van der Waals surface area (Å²) >= 11 is 0. The van der Waals surface area contributed by atoms with E-state index in [-0.39, 0.29) is 23.0 Å². The van der Waals surface area contributed by atoms with E-state index >= 15 is 0 Å². The van der Waals surface area contributed by atoms with Gasteiger partial charge in [-0.05, 0) is 36.2 Å². The highest BCUT2D eigenvalue weighted by molar-refractivity contribution is 7.89. The summed E-state index contributed by atoms with van der Waals surface area (Å²) in [6.07, 6.45) is 0.430. The van der Waals surface area contributed by atoms with Crippen LogP contribution < -0.4 is 0 Å². The summed E-state index contributed by atoms with van der Waals surface area (Å²) in [5.74, 6) is -0.229. The molecule has 180 valence electrons. The summed E-state index contributed by atoms with van der Waals surface area (Å²) in [6, 6.07) is 17.8. The van der Waals surface area contributed by atoms with Gasteiger partial charge in [0.25, 0.3) is 0 Å². The highest BCUT2D eigenvalue weighted by Gasteiger charge is 2.31. The molecule has 0 N–H and O–H groups in total. The summed E-state index contributed by atoms with van der Waals surface area (Å²) < 4.78 is 26.9. The lowest BCUT2D eigenvalue weighted by Crippen LogP contribution is -2.37. The molecule has 0 spiro atoms. The van der Waals surface area contributed by atoms with Crippen molar-refractivity contribution in [1.82, 2.24) is 9.29 Å². The third kappa shape index (κ3) is 5.59. The molecule has 0 atom stereocenters. The van der Waals surface area contributed by atoms with Crippen molar-refractivity contribution >= 4 is 32.5 Å². The van der Waals surface area contributed by atoms with Gasteiger partial charge in [0.15, 0.2) is 11.6 Å². The third-order valence-corrected chi connectivity index (χ3v) is 7.74. The number of fused-ring (bicyclic) bond motifs is 1. The maximum atomic E-state index is 13.2. The number of Topliss-reactive ketones (excluding diaryl/α,β-unsaturated/α-hetero) is 2. The van der Waals surface area contributed by atoms with Crippen molar-refractivity contribution in [3.8, 4) is 0 Å². The van der Waals surface area contributed by atoms with Gasteiger partial charge in [-0.2, -0.15) is 4.31 Å². The molecule has 0 saturated carbocycles. The Hall–Kier alpha value is -2.90. The third-order valence-electron chi connectivity index (χ3n) is 5.93. The van der Waals surface area contributed by atoms with Gasteiger partial charge in [-0.15, -0.1) is 0 Å². The van der Waals surface area contributed by atoms with Crippen LogP contribution in [0.2, 0.25) is 0 Å². The fourth-order valence-electron chi connectivity index (χ4n) is 3.61. The van der Waals surface area contributed by atoms with E-state index < -0.39 is 20.9 Å². The molecule has 0 aliphatic heterocycles. The lowest BCUT2D eigenvalue weighted by molar-refractivity contribution is -0.126. The van der Waals surface area contributed by atoms with E-state index in [1.807, 2.05) is 44.2 Å². The molecule has 0 amide bonds. The molecule has 0 radical (unpaired) electrons. The Morgan fingerprint density at radius 1 is 0.882 bits per heavy atom. The van der Waals surface area contributed by atoms with E-state index in [0.29, 0.717) is 12.1 Å². The average Bonchev–Trinajstić information content (AvgIpc) is 2.77. The molecule has 0 bridgehead atoms. The second-order valence-electron chi connectivity index (χ2n) is 10.4. The van der Waals surface area contributed by atoms with Gasteiger partial charge in [0.1, 0.15) is 5.69 Å². The molecule has 1 heterocycles. The van der Waals surface area contributed by atoms with E-state index in [1.54, 1.807) is 39.0 Å². The maximum absolute atomic E-state index is 13.2. The molecular formula is C27H32N2O4S. The highest BCUT2D eigenvalue weighted by atomic mass is 32.2. The zero-order valence-electron chi connectivity index (χ0n) is 20.6. The summed E-state index contributed by atoms with van der Waals surface area (Å²) in [7, 11) is -2.39. The number of nitrogens with zero attached hydrogens (tertiary/aromatic N) is 2. The Morgan fingerprint density at radius 3 is 2.12 bits per heavy atom. The van der Waals surface area contributed by atoms with E-state index in [9.17, 15) is 18.0 Å². The first-order valence-corrected chi connectivity index (χ1v) is 12.6. The van der Waals surface area contributed by atoms with Gasteiger partial charge in [-0.1, -0.05) is 71.0 Å². The van der Waals surface area contributed by atoms with Crippen molar-refractivity contribution in [3.63, 3.8) is 0 Å². The number of rotatable bonds is 8. The van der Waals surface area contributed by atoms with Crippen LogP contribution in [-0.2, 0) is 21.2 Å². The van der Waals surface area contributed by atoms with E-state index in [0.717, 1.165) is 20.8 Å². The number of benzene rings is 2. The predicted octanol–water partition coefficient (Wildman–Crippen LogP) is 4.92. The van der Waals surface area contributed by atoms with Crippen LogP contribution >= 0.6 is 0 Å². The molecule has 0 saturated heterocycles. The van der Waals surface area contributed by atoms with Crippen LogP contribution in [0.5, 0.6) is 0 Å². The molecular weight excluding hydrogens is 448 g/mol. The standard InChI is InChI=1S/C27H32N2O4S/c1-26(2,3)24(30)18-29(6)34(32,33)21-14-11-19(12-15-21)17-27(4,5)25(31)23-16-13-20-9-7-8-10-22(20)28-23/h7-16H,17-18H2,1-6H3. The molecule has 2 aromatic carbocycles. The molecule has 0 aliphatic carbocycles. The number of pyridine rings is 1. The predicted molar refractivity (Wildman–Crippen MR) is 134 cm³/mol. The minimum absolute atomic E-state index is 0.0737. The van der Waals surface area contributed by atoms with Crippen LogP contribution in [0.25, 0.3) is 10.9 Å². The number of carbonyl (C=O) groups excluding carboxylic acids is 2. The van der Waals surface area contributed by atoms with Gasteiger partial charge in [0, 0.05) is 23.3 Å². The van der Waals surface area contributed by atoms with E-state index in [2.05, 4.69) is 4.98 Å². The molecule has 0 aliphatic rings. The number of likely N-dealkylation sites (N-methyl/N-ethyl adjacent to an activating group) is 1. The van der Waals surface area contributed by atoms with Crippen LogP contribution in [0.1, 0.15) is 50.7 Å². The second kappa shape index (κ2) is 9.39. The monoisotopic (exact) mass is 480 g/mol. The number of hydrogen-bond acceptors (Lipinski definition) is 5. The van der Waals surface area contributed by atoms with Crippen molar-refractivity contribution in [2.24, 2.45) is 10.8 Å². The van der Waals surface area contributed by atoms with Crippen LogP contribution in [0, 0.1) is 10.8 Å². The van der Waals surface area contributed by atoms with Crippen molar-refractivity contribution in [3.05, 3.63) is 71.9 Å². The quantitative estimate of drug-likeness (QED) is 0.427. The van der Waals surface area contributed by atoms with Gasteiger partial charge in [-0.3, -0.25) is 9.59 Å². The molecule has 7 heteroatoms. The average molecular weight is 481 g/mol. The summed E-state index contributed by atoms with van der Waals surface area (Å²) in [6.45, 7) is 8.84. The summed E-state index contributed by atoms with van der Waals surface area (Å²) in [5.41, 5.74) is 0.671. The van der Waals surface area contributed by atoms with Crippen LogP contribution in [-0.4, -0.2) is 42.9 Å². The van der Waals surface area contributed by atoms with Gasteiger partial charge in [-0.25, -0.2) is 13.4 Å². The number of carbonyl (C=O) groups is 2. The molecule has 34 heavy (non-hydrogen) atoms. The zero-order chi connectivity index (χ0) is 25.3. The zero-order valence-corrected chi connectivity index (χ0v) is 21.4. The van der Waals surface area contributed by atoms with Crippen LogP contribution in [0.4, 0.5) is 0 Å². The Bertz CT molecular complexity index is 1320. The molecule has 0 fully saturated rings. The summed E-state index contributed by atoms with van der Waals surface area (Å²) in [5, 5.41) is 0.975. The number of ketones is 2. The number of sulfonamides is 1. The highest BCUT2D eigenvalue weighted by Crippen LogP contribution is 2.28. The van der Waals surface area contributed by atoms with Crippen LogP contribution in [0.15, 0.2) is 65.6 Å². The van der Waals surface area contributed by atoms with E-state index in [1.165, 1.54) is 19.2 Å². The smallest absolute Gasteiger partial charge is 0.243 e. The van der Waals surface area contributed by atoms with Crippen molar-refractivity contribution < 1.29 is 18.0 Å². The van der Waals surface area contributed by atoms with Gasteiger partial charge in [0.2, 0.25) is 10.0 Å². The Kier molecular flexibility index (Phi) is 7.10. The normalized spacial score (nSPS) is 12.8. The largest absolute Gasteiger partial charge is 0.298 e. The molecule has 3 rings (SSSR count). The van der Waals surface area contributed by atoms with Gasteiger partial charge < -0.3 is 0 Å². The lowest BCUT2D eigenvalue weighted by Gasteiger charge is -2.24. The van der Waals surface area contributed by atoms with Gasteiger partial charge >= 0.3 is 0 Å². The van der Waals surface area contributed by atoms with E-state index in [4.69, 9.17) is 0 Å². The maximum Gasteiger partial charge on any atom is 0.243 e. The Morgan fingerprint density at radius 2 is 1.50 bits per heavy atom. The van der Waals surface area contributed by atoms with Crippen molar-refractivity contribution in [2.75, 3.05) is 13.6 Å². The van der Waals surface area contributed by atoms with Gasteiger partial charge in [0.05, 0.1) is 17.0 Å². The number of para-hydroxylation sites is 1. The SMILES string of the molecule is CN(CC(=O)C(C)(C)C)S(=O)(=O)c1ccc(CC(C)(C)C(=O)c2ccc3ccccc3n2)cc1. The topological polar surface area (TPSA) is 84.4 Å². The summed E-state index contributed by atoms with van der Waals surface area (Å²) in [4.78, 5) is 30.1. The molecule has 3 aromatic rings. The van der Waals surface area contributed by atoms with Crippen molar-refractivity contribution in [2.45, 2.75) is 45.9 Å². The molecule has 1 aromatic heterocycles. The lowest BCUT2D eigenvalue weighted by atomic mass is 9.80. The first kappa shape index (κ1) is 25.7. The fraction of sp³-hybridized carbons (Fsp3) is 0.370. The van der Waals surface area contributed by atoms with Crippen LogP contribution in [0.3, 0.4) is 0 Å². The molecule has 6 nitrogen and oxygen atoms in total. The molecule has 0 unspecified atom stereocenters.